The van der Waals surface area contributed by atoms with Crippen molar-refractivity contribution in [1.82, 2.24) is 9.80 Å². The van der Waals surface area contributed by atoms with E-state index in [9.17, 15) is 19.0 Å². The minimum atomic E-state index is -0.742. The lowest BCUT2D eigenvalue weighted by Gasteiger charge is -2.41. The molecular weight excluding hydrogens is 641 g/mol. The highest BCUT2D eigenvalue weighted by Gasteiger charge is 2.41. The maximum absolute atomic E-state index is 14.2. The maximum Gasteiger partial charge on any atom is 0.126 e. The third kappa shape index (κ3) is 13.1. The summed E-state index contributed by atoms with van der Waals surface area (Å²) < 4.78 is 28.3. The average molecular weight is 706 g/mol. The van der Waals surface area contributed by atoms with Gasteiger partial charge in [-0.3, -0.25) is 0 Å². The van der Waals surface area contributed by atoms with Crippen molar-refractivity contribution in [3.63, 3.8) is 0 Å². The fraction of sp³-hybridized carbons (Fsp3) is 0.684. The summed E-state index contributed by atoms with van der Waals surface area (Å²) in [5, 5.41) is 22.4. The molecule has 0 radical (unpaired) electrons. The predicted molar refractivity (Wildman–Crippen MR) is 197 cm³/mol. The van der Waals surface area contributed by atoms with Crippen LogP contribution in [0.15, 0.2) is 48.5 Å². The van der Waals surface area contributed by atoms with Crippen molar-refractivity contribution < 1.29 is 24.5 Å². The molecule has 2 aromatic carbocycles. The van der Waals surface area contributed by atoms with Crippen LogP contribution in [0, 0.1) is 11.6 Å². The van der Waals surface area contributed by atoms with Crippen molar-refractivity contribution >= 4 is 24.8 Å². The Bertz CT molecular complexity index is 1020. The zero-order chi connectivity index (χ0) is 32.0. The zero-order valence-corrected chi connectivity index (χ0v) is 31.0. The first-order valence-corrected chi connectivity index (χ1v) is 17.6. The third-order valence-electron chi connectivity index (χ3n) is 10.5. The number of nitrogens with zero attached hydrogens (tertiary/aromatic N) is 2. The van der Waals surface area contributed by atoms with Crippen LogP contribution in [0.25, 0.3) is 0 Å². The smallest absolute Gasteiger partial charge is 0.126 e. The number of rotatable bonds is 14. The van der Waals surface area contributed by atoms with Gasteiger partial charge in [-0.25, -0.2) is 8.78 Å². The van der Waals surface area contributed by atoms with Crippen LogP contribution in [-0.4, -0.2) is 76.0 Å². The highest BCUT2D eigenvalue weighted by molar-refractivity contribution is 5.85. The summed E-state index contributed by atoms with van der Waals surface area (Å²) in [5.41, 5.74) is -0.0821. The SMILES string of the molecule is CCN(CC)CCCC1(O)CCCCC1c1ccccc1F.CCN(CC)CCCC1(O)CCCCC1c1ccccc1F.Cl.Cl.O. The molecule has 0 bridgehead atoms. The lowest BCUT2D eigenvalue weighted by atomic mass is 9.70. The van der Waals surface area contributed by atoms with Gasteiger partial charge in [0.25, 0.3) is 0 Å². The molecule has 2 aromatic rings. The van der Waals surface area contributed by atoms with Gasteiger partial charge in [-0.1, -0.05) is 89.8 Å². The standard InChI is InChI=1S/2C19H30FNO.2ClH.H2O/c2*1-3-21(4-2)15-9-14-19(22)13-8-7-11-17(19)16-10-5-6-12-18(16)20;;;/h2*5-6,10,12,17,22H,3-4,7-9,11,13-15H2,1-2H3;2*1H;1H2. The Morgan fingerprint density at radius 2 is 0.957 bits per heavy atom. The monoisotopic (exact) mass is 704 g/mol. The number of benzene rings is 2. The van der Waals surface area contributed by atoms with Crippen molar-refractivity contribution in [2.45, 2.75) is 128 Å². The first-order valence-electron chi connectivity index (χ1n) is 17.6. The molecule has 2 aliphatic rings. The van der Waals surface area contributed by atoms with E-state index < -0.39 is 11.2 Å². The van der Waals surface area contributed by atoms with Crippen LogP contribution in [0.4, 0.5) is 8.78 Å². The van der Waals surface area contributed by atoms with Crippen molar-refractivity contribution in [3.8, 4) is 0 Å². The van der Waals surface area contributed by atoms with Gasteiger partial charge < -0.3 is 25.5 Å². The normalized spacial score (nSPS) is 24.0. The average Bonchev–Trinajstić information content (AvgIpc) is 3.03. The number of aliphatic hydroxyl groups is 2. The van der Waals surface area contributed by atoms with E-state index >= 15 is 0 Å². The molecule has 4 N–H and O–H groups in total. The van der Waals surface area contributed by atoms with Gasteiger partial charge in [-0.05, 0) is 114 Å². The first kappa shape index (κ1) is 45.7. The van der Waals surface area contributed by atoms with Crippen LogP contribution in [0.1, 0.15) is 128 Å². The second-order valence-corrected chi connectivity index (χ2v) is 13.1. The fourth-order valence-corrected chi connectivity index (χ4v) is 7.75. The van der Waals surface area contributed by atoms with Gasteiger partial charge in [0, 0.05) is 11.8 Å². The van der Waals surface area contributed by atoms with Gasteiger partial charge in [0.2, 0.25) is 0 Å². The van der Waals surface area contributed by atoms with E-state index in [-0.39, 0.29) is 53.8 Å². The minimum absolute atomic E-state index is 0. The Hall–Kier alpha value is -1.32. The summed E-state index contributed by atoms with van der Waals surface area (Å²) in [6, 6.07) is 13.9. The van der Waals surface area contributed by atoms with Crippen molar-refractivity contribution in [2.24, 2.45) is 0 Å². The Labute approximate surface area is 296 Å². The van der Waals surface area contributed by atoms with Gasteiger partial charge in [-0.15, -0.1) is 24.8 Å². The summed E-state index contributed by atoms with van der Waals surface area (Å²) in [5.74, 6) is -0.452. The lowest BCUT2D eigenvalue weighted by Crippen LogP contribution is -2.40. The summed E-state index contributed by atoms with van der Waals surface area (Å²) in [7, 11) is 0. The molecule has 0 aliphatic heterocycles. The van der Waals surface area contributed by atoms with Crippen molar-refractivity contribution in [1.29, 1.82) is 0 Å². The quantitative estimate of drug-likeness (QED) is 0.206. The van der Waals surface area contributed by atoms with Crippen LogP contribution in [0.5, 0.6) is 0 Å². The van der Waals surface area contributed by atoms with E-state index in [1.165, 1.54) is 12.1 Å². The zero-order valence-electron chi connectivity index (χ0n) is 29.4. The molecule has 0 aromatic heterocycles. The molecule has 4 unspecified atom stereocenters. The van der Waals surface area contributed by atoms with E-state index in [2.05, 4.69) is 37.5 Å². The summed E-state index contributed by atoms with van der Waals surface area (Å²) in [6.45, 7) is 14.9. The van der Waals surface area contributed by atoms with Crippen LogP contribution in [-0.2, 0) is 0 Å². The van der Waals surface area contributed by atoms with Gasteiger partial charge in [0.1, 0.15) is 11.6 Å². The number of hydrogen-bond donors (Lipinski definition) is 2. The van der Waals surface area contributed by atoms with Crippen molar-refractivity contribution in [2.75, 3.05) is 39.3 Å². The highest BCUT2D eigenvalue weighted by atomic mass is 35.5. The van der Waals surface area contributed by atoms with Gasteiger partial charge in [-0.2, -0.15) is 0 Å². The van der Waals surface area contributed by atoms with Gasteiger partial charge in [0.05, 0.1) is 11.2 Å². The molecule has 0 heterocycles. The van der Waals surface area contributed by atoms with Gasteiger partial charge in [0.15, 0.2) is 0 Å². The molecule has 5 nitrogen and oxygen atoms in total. The largest absolute Gasteiger partial charge is 0.412 e. The summed E-state index contributed by atoms with van der Waals surface area (Å²) in [6.07, 6.45) is 11.1. The van der Waals surface area contributed by atoms with E-state index in [0.717, 1.165) is 116 Å². The molecule has 4 atom stereocenters. The van der Waals surface area contributed by atoms with E-state index in [1.807, 2.05) is 24.3 Å². The molecule has 4 rings (SSSR count). The van der Waals surface area contributed by atoms with E-state index in [1.54, 1.807) is 12.1 Å². The number of halogens is 4. The van der Waals surface area contributed by atoms with Crippen LogP contribution in [0.3, 0.4) is 0 Å². The Balaban J connectivity index is 0.000000846. The molecule has 0 spiro atoms. The molecule has 2 fully saturated rings. The molecule has 2 saturated carbocycles. The Kier molecular flexibility index (Phi) is 22.5. The first-order chi connectivity index (χ1) is 21.2. The molecule has 272 valence electrons. The second kappa shape index (κ2) is 23.2. The Morgan fingerprint density at radius 3 is 1.28 bits per heavy atom. The van der Waals surface area contributed by atoms with E-state index in [0.29, 0.717) is 11.1 Å². The number of hydrogen-bond acceptors (Lipinski definition) is 4. The second-order valence-electron chi connectivity index (χ2n) is 13.1. The summed E-state index contributed by atoms with van der Waals surface area (Å²) in [4.78, 5) is 4.76. The van der Waals surface area contributed by atoms with Crippen LogP contribution >= 0.6 is 24.8 Å². The van der Waals surface area contributed by atoms with Gasteiger partial charge >= 0.3 is 0 Å². The topological polar surface area (TPSA) is 78.4 Å². The minimum Gasteiger partial charge on any atom is -0.412 e. The molecule has 9 heteroatoms. The highest BCUT2D eigenvalue weighted by Crippen LogP contribution is 2.45. The fourth-order valence-electron chi connectivity index (χ4n) is 7.75. The molecule has 47 heavy (non-hydrogen) atoms. The Morgan fingerprint density at radius 1 is 0.617 bits per heavy atom. The van der Waals surface area contributed by atoms with E-state index in [4.69, 9.17) is 0 Å². The maximum atomic E-state index is 14.2. The molecule has 2 aliphatic carbocycles. The molecular formula is C38H64Cl2F2N2O3. The lowest BCUT2D eigenvalue weighted by molar-refractivity contribution is -0.0287. The van der Waals surface area contributed by atoms with Crippen LogP contribution < -0.4 is 0 Å². The third-order valence-corrected chi connectivity index (χ3v) is 10.5. The summed E-state index contributed by atoms with van der Waals surface area (Å²) >= 11 is 0. The molecule has 0 saturated heterocycles. The van der Waals surface area contributed by atoms with Crippen molar-refractivity contribution in [3.05, 3.63) is 71.3 Å². The van der Waals surface area contributed by atoms with Crippen LogP contribution in [0.2, 0.25) is 0 Å². The predicted octanol–water partition coefficient (Wildman–Crippen LogP) is 8.69. The molecule has 0 amide bonds.